The second-order valence-corrected chi connectivity index (χ2v) is 8.04. The van der Waals surface area contributed by atoms with Gasteiger partial charge in [-0.05, 0) is 59.7 Å². The summed E-state index contributed by atoms with van der Waals surface area (Å²) in [6, 6.07) is 26.0. The maximum absolute atomic E-state index is 13.7. The van der Waals surface area contributed by atoms with Crippen molar-refractivity contribution >= 4 is 5.91 Å². The highest BCUT2D eigenvalue weighted by atomic mass is 19.4. The van der Waals surface area contributed by atoms with E-state index in [1.807, 2.05) is 30.3 Å². The second kappa shape index (κ2) is 10.0. The van der Waals surface area contributed by atoms with Gasteiger partial charge in [0.25, 0.3) is 5.91 Å². The zero-order valence-electron chi connectivity index (χ0n) is 18.9. The minimum Gasteiger partial charge on any atom is -0.497 e. The first-order chi connectivity index (χ1) is 16.8. The van der Waals surface area contributed by atoms with Gasteiger partial charge in [-0.15, -0.1) is 0 Å². The van der Waals surface area contributed by atoms with Crippen molar-refractivity contribution in [2.24, 2.45) is 0 Å². The number of benzene rings is 3. The second-order valence-electron chi connectivity index (χ2n) is 8.04. The minimum absolute atomic E-state index is 0.189. The molecular weight excluding hydrogens is 453 g/mol. The Morgan fingerprint density at radius 3 is 2.17 bits per heavy atom. The molecule has 178 valence electrons. The van der Waals surface area contributed by atoms with Gasteiger partial charge in [-0.1, -0.05) is 48.5 Å². The van der Waals surface area contributed by atoms with Gasteiger partial charge in [0.1, 0.15) is 11.3 Å². The molecule has 1 heterocycles. The zero-order chi connectivity index (χ0) is 24.9. The third kappa shape index (κ3) is 5.35. The fraction of sp³-hybridized carbons (Fsp3) is 0.143. The quantitative estimate of drug-likeness (QED) is 0.355. The lowest BCUT2D eigenvalue weighted by Crippen LogP contribution is -2.49. The van der Waals surface area contributed by atoms with Crippen LogP contribution in [0.3, 0.4) is 0 Å². The molecule has 1 aromatic heterocycles. The first-order valence-corrected chi connectivity index (χ1v) is 10.9. The molecule has 4 rings (SSSR count). The van der Waals surface area contributed by atoms with Crippen LogP contribution in [0, 0.1) is 0 Å². The molecule has 0 aliphatic carbocycles. The Bertz CT molecular complexity index is 1280. The Morgan fingerprint density at radius 2 is 1.54 bits per heavy atom. The summed E-state index contributed by atoms with van der Waals surface area (Å²) in [7, 11) is 1.52. The molecule has 0 saturated heterocycles. The standard InChI is InChI=1S/C28H23F3N2O2/c1-35-24-15-13-21(14-16-24)26(34)33-27(25-12-5-6-17-32-25,19-20-8-3-2-4-9-20)22-10-7-11-23(18-22)28(29,30)31/h2-18H,19H2,1H3,(H,33,34). The fourth-order valence-electron chi connectivity index (χ4n) is 4.01. The van der Waals surface area contributed by atoms with Crippen LogP contribution in [-0.4, -0.2) is 18.0 Å². The van der Waals surface area contributed by atoms with Crippen molar-refractivity contribution in [3.8, 4) is 5.75 Å². The molecule has 1 atom stereocenters. The number of ether oxygens (including phenoxy) is 1. The number of rotatable bonds is 7. The predicted octanol–water partition coefficient (Wildman–Crippen LogP) is 6.03. The van der Waals surface area contributed by atoms with E-state index in [2.05, 4.69) is 10.3 Å². The number of nitrogens with one attached hydrogen (secondary N) is 1. The Kier molecular flexibility index (Phi) is 6.87. The molecule has 4 nitrogen and oxygen atoms in total. The van der Waals surface area contributed by atoms with Gasteiger partial charge in [0, 0.05) is 18.2 Å². The molecule has 4 aromatic rings. The van der Waals surface area contributed by atoms with E-state index in [1.54, 1.807) is 54.7 Å². The SMILES string of the molecule is COc1ccc(C(=O)NC(Cc2ccccc2)(c2cccc(C(F)(F)F)c2)c2ccccn2)cc1. The normalized spacial score (nSPS) is 13.0. The summed E-state index contributed by atoms with van der Waals surface area (Å²) in [4.78, 5) is 18.0. The van der Waals surface area contributed by atoms with Crippen molar-refractivity contribution in [3.05, 3.63) is 131 Å². The first kappa shape index (κ1) is 24.0. The monoisotopic (exact) mass is 476 g/mol. The van der Waals surface area contributed by atoms with Crippen molar-refractivity contribution in [1.82, 2.24) is 10.3 Å². The van der Waals surface area contributed by atoms with Crippen LogP contribution >= 0.6 is 0 Å². The highest BCUT2D eigenvalue weighted by Crippen LogP contribution is 2.37. The van der Waals surface area contributed by atoms with Crippen LogP contribution in [0.1, 0.15) is 32.7 Å². The number of alkyl halides is 3. The van der Waals surface area contributed by atoms with Crippen LogP contribution in [0.25, 0.3) is 0 Å². The van der Waals surface area contributed by atoms with Crippen molar-refractivity contribution in [1.29, 1.82) is 0 Å². The summed E-state index contributed by atoms with van der Waals surface area (Å²) >= 11 is 0. The van der Waals surface area contributed by atoms with Crippen LogP contribution in [-0.2, 0) is 18.1 Å². The predicted molar refractivity (Wildman–Crippen MR) is 127 cm³/mol. The van der Waals surface area contributed by atoms with Crippen molar-refractivity contribution in [2.75, 3.05) is 7.11 Å². The molecule has 0 aliphatic rings. The Morgan fingerprint density at radius 1 is 0.857 bits per heavy atom. The molecule has 3 aromatic carbocycles. The van der Waals surface area contributed by atoms with Crippen LogP contribution in [0.2, 0.25) is 0 Å². The number of amides is 1. The van der Waals surface area contributed by atoms with Crippen LogP contribution in [0.15, 0.2) is 103 Å². The number of nitrogens with zero attached hydrogens (tertiary/aromatic N) is 1. The molecule has 0 saturated carbocycles. The number of carbonyl (C=O) groups is 1. The largest absolute Gasteiger partial charge is 0.497 e. The first-order valence-electron chi connectivity index (χ1n) is 10.9. The molecule has 1 amide bonds. The molecule has 0 fully saturated rings. The highest BCUT2D eigenvalue weighted by Gasteiger charge is 2.40. The topological polar surface area (TPSA) is 51.2 Å². The van der Waals surface area contributed by atoms with Gasteiger partial charge in [-0.3, -0.25) is 9.78 Å². The number of pyridine rings is 1. The number of hydrogen-bond acceptors (Lipinski definition) is 3. The van der Waals surface area contributed by atoms with E-state index in [-0.39, 0.29) is 12.0 Å². The summed E-state index contributed by atoms with van der Waals surface area (Å²) < 4.78 is 46.2. The number of hydrogen-bond donors (Lipinski definition) is 1. The molecule has 0 aliphatic heterocycles. The zero-order valence-corrected chi connectivity index (χ0v) is 18.9. The summed E-state index contributed by atoms with van der Waals surface area (Å²) in [6.07, 6.45) is -2.80. The lowest BCUT2D eigenvalue weighted by molar-refractivity contribution is -0.137. The molecule has 0 spiro atoms. The average molecular weight is 476 g/mol. The minimum atomic E-state index is -4.54. The third-order valence-corrected chi connectivity index (χ3v) is 5.78. The molecule has 7 heteroatoms. The average Bonchev–Trinajstić information content (AvgIpc) is 2.89. The van der Waals surface area contributed by atoms with Crippen molar-refractivity contribution in [3.63, 3.8) is 0 Å². The molecule has 1 unspecified atom stereocenters. The third-order valence-electron chi connectivity index (χ3n) is 5.78. The van der Waals surface area contributed by atoms with Gasteiger partial charge < -0.3 is 10.1 Å². The molecule has 1 N–H and O–H groups in total. The van der Waals surface area contributed by atoms with Gasteiger partial charge in [0.2, 0.25) is 0 Å². The van der Waals surface area contributed by atoms with E-state index in [1.165, 1.54) is 13.2 Å². The fourth-order valence-corrected chi connectivity index (χ4v) is 4.01. The number of methoxy groups -OCH3 is 1. The summed E-state index contributed by atoms with van der Waals surface area (Å²) in [6.45, 7) is 0. The van der Waals surface area contributed by atoms with E-state index in [4.69, 9.17) is 4.74 Å². The molecule has 0 radical (unpaired) electrons. The van der Waals surface area contributed by atoms with E-state index in [9.17, 15) is 18.0 Å². The summed E-state index contributed by atoms with van der Waals surface area (Å²) in [5, 5.41) is 3.03. The number of halogens is 3. The maximum atomic E-state index is 13.7. The molecule has 0 bridgehead atoms. The van der Waals surface area contributed by atoms with Gasteiger partial charge in [0.05, 0.1) is 18.4 Å². The number of carbonyl (C=O) groups excluding carboxylic acids is 1. The van der Waals surface area contributed by atoms with Gasteiger partial charge in [-0.2, -0.15) is 13.2 Å². The van der Waals surface area contributed by atoms with Gasteiger partial charge in [0.15, 0.2) is 0 Å². The summed E-state index contributed by atoms with van der Waals surface area (Å²) in [5.74, 6) is 0.131. The molecular formula is C28H23F3N2O2. The van der Waals surface area contributed by atoms with E-state index < -0.39 is 23.2 Å². The lowest BCUT2D eigenvalue weighted by atomic mass is 9.79. The lowest BCUT2D eigenvalue weighted by Gasteiger charge is -2.36. The Labute approximate surface area is 201 Å². The smallest absolute Gasteiger partial charge is 0.416 e. The van der Waals surface area contributed by atoms with Crippen LogP contribution < -0.4 is 10.1 Å². The highest BCUT2D eigenvalue weighted by molar-refractivity contribution is 5.95. The van der Waals surface area contributed by atoms with E-state index in [0.29, 0.717) is 17.0 Å². The Hall–Kier alpha value is -4.13. The van der Waals surface area contributed by atoms with Crippen LogP contribution in [0.4, 0.5) is 13.2 Å². The van der Waals surface area contributed by atoms with Gasteiger partial charge >= 0.3 is 6.18 Å². The van der Waals surface area contributed by atoms with Gasteiger partial charge in [-0.25, -0.2) is 0 Å². The van der Waals surface area contributed by atoms with Crippen molar-refractivity contribution < 1.29 is 22.7 Å². The van der Waals surface area contributed by atoms with Crippen LogP contribution in [0.5, 0.6) is 5.75 Å². The Balaban J connectivity index is 1.90. The summed E-state index contributed by atoms with van der Waals surface area (Å²) in [5.41, 5.74) is -0.318. The van der Waals surface area contributed by atoms with Crippen molar-refractivity contribution in [2.45, 2.75) is 18.1 Å². The maximum Gasteiger partial charge on any atom is 0.416 e. The van der Waals surface area contributed by atoms with E-state index in [0.717, 1.165) is 17.7 Å². The molecule has 35 heavy (non-hydrogen) atoms. The van der Waals surface area contributed by atoms with E-state index >= 15 is 0 Å². The number of aromatic nitrogens is 1.